The Morgan fingerprint density at radius 2 is 1.75 bits per heavy atom. The van der Waals surface area contributed by atoms with Crippen molar-refractivity contribution in [2.45, 2.75) is 39.7 Å². The predicted molar refractivity (Wildman–Crippen MR) is 80.3 cm³/mol. The van der Waals surface area contributed by atoms with Gasteiger partial charge in [0.25, 0.3) is 0 Å². The number of carbonyl (C=O) groups excluding carboxylic acids is 2. The van der Waals surface area contributed by atoms with Crippen molar-refractivity contribution in [1.29, 1.82) is 0 Å². The lowest BCUT2D eigenvalue weighted by atomic mass is 10.1. The van der Waals surface area contributed by atoms with Crippen LogP contribution >= 0.6 is 0 Å². The van der Waals surface area contributed by atoms with Gasteiger partial charge in [-0.25, -0.2) is 0 Å². The lowest BCUT2D eigenvalue weighted by Crippen LogP contribution is -2.49. The molecule has 0 fully saturated rings. The van der Waals surface area contributed by atoms with E-state index in [-0.39, 0.29) is 23.9 Å². The van der Waals surface area contributed by atoms with Crippen LogP contribution in [0, 0.1) is 0 Å². The van der Waals surface area contributed by atoms with Gasteiger partial charge >= 0.3 is 0 Å². The predicted octanol–water partition coefficient (Wildman–Crippen LogP) is 1.99. The first-order valence-corrected chi connectivity index (χ1v) is 6.89. The Hall–Kier alpha value is -1.84. The van der Waals surface area contributed by atoms with Crippen LogP contribution in [0.3, 0.4) is 0 Å². The number of rotatable bonds is 5. The largest absolute Gasteiger partial charge is 0.354 e. The fraction of sp³-hybridized carbons (Fsp3) is 0.500. The highest BCUT2D eigenvalue weighted by Crippen LogP contribution is 2.12. The summed E-state index contributed by atoms with van der Waals surface area (Å²) in [6.45, 7) is 7.94. The standard InChI is InChI=1S/C16H24N2O2/c1-13(19)18(16(2,3)4)12-15(20)17-11-10-14-8-6-5-7-9-14/h5-9H,10-12H2,1-4H3,(H,17,20). The molecule has 1 rings (SSSR count). The van der Waals surface area contributed by atoms with E-state index in [0.717, 1.165) is 6.42 Å². The number of nitrogens with zero attached hydrogens (tertiary/aromatic N) is 1. The first-order chi connectivity index (χ1) is 9.30. The Kier molecular flexibility index (Phi) is 5.74. The van der Waals surface area contributed by atoms with Crippen molar-refractivity contribution in [2.75, 3.05) is 13.1 Å². The van der Waals surface area contributed by atoms with Gasteiger partial charge < -0.3 is 10.2 Å². The molecule has 4 heteroatoms. The van der Waals surface area contributed by atoms with E-state index in [0.29, 0.717) is 6.54 Å². The zero-order chi connectivity index (χ0) is 15.2. The minimum absolute atomic E-state index is 0.0873. The van der Waals surface area contributed by atoms with Crippen LogP contribution in [-0.4, -0.2) is 35.3 Å². The van der Waals surface area contributed by atoms with E-state index in [1.807, 2.05) is 51.1 Å². The third kappa shape index (κ3) is 5.43. The van der Waals surface area contributed by atoms with E-state index in [1.165, 1.54) is 12.5 Å². The van der Waals surface area contributed by atoms with Crippen molar-refractivity contribution in [3.63, 3.8) is 0 Å². The summed E-state index contributed by atoms with van der Waals surface area (Å²) in [7, 11) is 0. The lowest BCUT2D eigenvalue weighted by molar-refractivity contribution is -0.138. The second-order valence-corrected chi connectivity index (χ2v) is 5.86. The number of benzene rings is 1. The summed E-state index contributed by atoms with van der Waals surface area (Å²) < 4.78 is 0. The van der Waals surface area contributed by atoms with Crippen LogP contribution in [0.1, 0.15) is 33.3 Å². The molecular weight excluding hydrogens is 252 g/mol. The van der Waals surface area contributed by atoms with Crippen LogP contribution in [0.5, 0.6) is 0 Å². The van der Waals surface area contributed by atoms with Gasteiger partial charge in [0, 0.05) is 19.0 Å². The average Bonchev–Trinajstić information content (AvgIpc) is 2.35. The van der Waals surface area contributed by atoms with Crippen LogP contribution < -0.4 is 5.32 Å². The zero-order valence-electron chi connectivity index (χ0n) is 12.8. The molecule has 1 N–H and O–H groups in total. The SMILES string of the molecule is CC(=O)N(CC(=O)NCCc1ccccc1)C(C)(C)C. The Morgan fingerprint density at radius 1 is 1.15 bits per heavy atom. The van der Waals surface area contributed by atoms with Gasteiger partial charge in [-0.05, 0) is 32.8 Å². The highest BCUT2D eigenvalue weighted by Gasteiger charge is 2.25. The number of hydrogen-bond donors (Lipinski definition) is 1. The maximum absolute atomic E-state index is 11.9. The van der Waals surface area contributed by atoms with Gasteiger partial charge in [0.05, 0.1) is 0 Å². The number of hydrogen-bond acceptors (Lipinski definition) is 2. The van der Waals surface area contributed by atoms with Crippen molar-refractivity contribution < 1.29 is 9.59 Å². The third-order valence-corrected chi connectivity index (χ3v) is 3.07. The van der Waals surface area contributed by atoms with Crippen LogP contribution in [0.15, 0.2) is 30.3 Å². The number of carbonyl (C=O) groups is 2. The molecule has 0 aromatic heterocycles. The molecule has 1 aromatic rings. The van der Waals surface area contributed by atoms with Gasteiger partial charge in [-0.3, -0.25) is 9.59 Å². The van der Waals surface area contributed by atoms with Crippen molar-refractivity contribution in [2.24, 2.45) is 0 Å². The molecule has 110 valence electrons. The second kappa shape index (κ2) is 7.08. The molecule has 0 atom stereocenters. The van der Waals surface area contributed by atoms with Crippen molar-refractivity contribution in [3.8, 4) is 0 Å². The zero-order valence-corrected chi connectivity index (χ0v) is 12.8. The molecule has 0 heterocycles. The van der Waals surface area contributed by atoms with E-state index in [1.54, 1.807) is 4.90 Å². The molecular formula is C16H24N2O2. The molecule has 1 aromatic carbocycles. The van der Waals surface area contributed by atoms with Gasteiger partial charge in [0.1, 0.15) is 6.54 Å². The normalized spacial score (nSPS) is 11.0. The maximum Gasteiger partial charge on any atom is 0.239 e. The topological polar surface area (TPSA) is 49.4 Å². The Morgan fingerprint density at radius 3 is 2.25 bits per heavy atom. The molecule has 2 amide bonds. The van der Waals surface area contributed by atoms with Gasteiger partial charge in [-0.1, -0.05) is 30.3 Å². The van der Waals surface area contributed by atoms with Gasteiger partial charge in [-0.2, -0.15) is 0 Å². The van der Waals surface area contributed by atoms with E-state index >= 15 is 0 Å². The van der Waals surface area contributed by atoms with Gasteiger partial charge in [0.15, 0.2) is 0 Å². The maximum atomic E-state index is 11.9. The summed E-state index contributed by atoms with van der Waals surface area (Å²) in [6, 6.07) is 9.99. The summed E-state index contributed by atoms with van der Waals surface area (Å²) in [5, 5.41) is 2.86. The molecule has 0 spiro atoms. The fourth-order valence-corrected chi connectivity index (χ4v) is 2.01. The van der Waals surface area contributed by atoms with E-state index in [9.17, 15) is 9.59 Å². The number of nitrogens with one attached hydrogen (secondary N) is 1. The van der Waals surface area contributed by atoms with Crippen molar-refractivity contribution in [3.05, 3.63) is 35.9 Å². The molecule has 4 nitrogen and oxygen atoms in total. The van der Waals surface area contributed by atoms with E-state index < -0.39 is 0 Å². The molecule has 0 bridgehead atoms. The Bertz CT molecular complexity index is 449. The second-order valence-electron chi connectivity index (χ2n) is 5.86. The highest BCUT2D eigenvalue weighted by atomic mass is 16.2. The average molecular weight is 276 g/mol. The Labute approximate surface area is 121 Å². The quantitative estimate of drug-likeness (QED) is 0.894. The highest BCUT2D eigenvalue weighted by molar-refractivity contribution is 5.84. The molecule has 20 heavy (non-hydrogen) atoms. The molecule has 0 saturated carbocycles. The molecule has 0 aliphatic heterocycles. The smallest absolute Gasteiger partial charge is 0.239 e. The van der Waals surface area contributed by atoms with Crippen LogP contribution in [0.25, 0.3) is 0 Å². The monoisotopic (exact) mass is 276 g/mol. The summed E-state index contributed by atoms with van der Waals surface area (Å²) in [5.41, 5.74) is 0.842. The molecule has 0 aliphatic carbocycles. The van der Waals surface area contributed by atoms with Crippen LogP contribution in [-0.2, 0) is 16.0 Å². The van der Waals surface area contributed by atoms with Crippen molar-refractivity contribution in [1.82, 2.24) is 10.2 Å². The summed E-state index contributed by atoms with van der Waals surface area (Å²) in [5.74, 6) is -0.207. The summed E-state index contributed by atoms with van der Waals surface area (Å²) >= 11 is 0. The number of amides is 2. The van der Waals surface area contributed by atoms with Crippen molar-refractivity contribution >= 4 is 11.8 Å². The van der Waals surface area contributed by atoms with Gasteiger partial charge in [0.2, 0.25) is 11.8 Å². The van der Waals surface area contributed by atoms with Gasteiger partial charge in [-0.15, -0.1) is 0 Å². The summed E-state index contributed by atoms with van der Waals surface area (Å²) in [4.78, 5) is 25.0. The molecule has 0 aliphatic rings. The first-order valence-electron chi connectivity index (χ1n) is 6.89. The minimum Gasteiger partial charge on any atom is -0.354 e. The van der Waals surface area contributed by atoms with Crippen LogP contribution in [0.4, 0.5) is 0 Å². The van der Waals surface area contributed by atoms with E-state index in [4.69, 9.17) is 0 Å². The first kappa shape index (κ1) is 16.2. The lowest BCUT2D eigenvalue weighted by Gasteiger charge is -2.34. The molecule has 0 radical (unpaired) electrons. The minimum atomic E-state index is -0.345. The fourth-order valence-electron chi connectivity index (χ4n) is 2.01. The Balaban J connectivity index is 2.41. The molecule has 0 saturated heterocycles. The third-order valence-electron chi connectivity index (χ3n) is 3.07. The molecule has 0 unspecified atom stereocenters. The van der Waals surface area contributed by atoms with E-state index in [2.05, 4.69) is 5.32 Å². The summed E-state index contributed by atoms with van der Waals surface area (Å²) in [6.07, 6.45) is 0.794. The van der Waals surface area contributed by atoms with Crippen LogP contribution in [0.2, 0.25) is 0 Å².